The van der Waals surface area contributed by atoms with Crippen LogP contribution in [0.4, 0.5) is 0 Å². The van der Waals surface area contributed by atoms with Crippen molar-refractivity contribution in [2.24, 2.45) is 0 Å². The Labute approximate surface area is 116 Å². The van der Waals surface area contributed by atoms with Crippen LogP contribution in [0.1, 0.15) is 5.69 Å². The maximum atomic E-state index is 5.84. The van der Waals surface area contributed by atoms with Crippen LogP contribution >= 0.6 is 68.0 Å². The zero-order valence-corrected chi connectivity index (χ0v) is 12.1. The van der Waals surface area contributed by atoms with Gasteiger partial charge >= 0.3 is 0 Å². The second-order valence-corrected chi connectivity index (χ2v) is 7.85. The van der Waals surface area contributed by atoms with E-state index < -0.39 is 8.50 Å². The van der Waals surface area contributed by atoms with Crippen molar-refractivity contribution < 1.29 is 0 Å². The summed E-state index contributed by atoms with van der Waals surface area (Å²) in [6.45, 7) is 1.88. The van der Waals surface area contributed by atoms with E-state index in [0.717, 1.165) is 5.69 Å². The Morgan fingerprint density at radius 2 is 2.07 bits per heavy atom. The molecule has 2 nitrogen and oxygen atoms in total. The molecule has 1 aromatic heterocycles. The minimum Gasteiger partial charge on any atom is -0.230 e. The average molecular weight is 324 g/mol. The van der Waals surface area contributed by atoms with Gasteiger partial charge in [0.05, 0.1) is 0 Å². The van der Waals surface area contributed by atoms with Gasteiger partial charge in [0, 0.05) is 11.9 Å². The molecule has 0 bridgehead atoms. The van der Waals surface area contributed by atoms with E-state index in [1.807, 2.05) is 13.0 Å². The first-order valence-corrected chi connectivity index (χ1v) is 7.51. The number of nitrogens with zero attached hydrogens (tertiary/aromatic N) is 2. The van der Waals surface area contributed by atoms with Gasteiger partial charge in [-0.25, -0.2) is 9.97 Å². The van der Waals surface area contributed by atoms with Gasteiger partial charge < -0.3 is 0 Å². The Morgan fingerprint density at radius 3 is 2.60 bits per heavy atom. The van der Waals surface area contributed by atoms with Crippen molar-refractivity contribution in [1.82, 2.24) is 9.97 Å². The number of alkyl halides is 4. The summed E-state index contributed by atoms with van der Waals surface area (Å²) in [4.78, 5) is 8.21. The average Bonchev–Trinajstić information content (AvgIpc) is 2.12. The van der Waals surface area contributed by atoms with Crippen LogP contribution in [0.15, 0.2) is 17.4 Å². The summed E-state index contributed by atoms with van der Waals surface area (Å²) in [7, 11) is 2.49. The minimum atomic E-state index is -1.50. The number of halogens is 4. The quantitative estimate of drug-likeness (QED) is 0.466. The van der Waals surface area contributed by atoms with Gasteiger partial charge in [-0.3, -0.25) is 0 Å². The molecule has 84 valence electrons. The molecule has 0 saturated carbocycles. The monoisotopic (exact) mass is 322 g/mol. The van der Waals surface area contributed by atoms with Crippen molar-refractivity contribution in [2.45, 2.75) is 20.6 Å². The molecule has 1 unspecified atom stereocenters. The van der Waals surface area contributed by atoms with Crippen LogP contribution in [0.25, 0.3) is 0 Å². The van der Waals surface area contributed by atoms with Gasteiger partial charge in [0.2, 0.25) is 3.79 Å². The predicted octanol–water partition coefficient (Wildman–Crippen LogP) is 4.46. The zero-order chi connectivity index (χ0) is 11.5. The fourth-order valence-electron chi connectivity index (χ4n) is 0.606. The van der Waals surface area contributed by atoms with Gasteiger partial charge in [-0.2, -0.15) is 0 Å². The summed E-state index contributed by atoms with van der Waals surface area (Å²) in [5.41, 5.74) is 0.883. The van der Waals surface area contributed by atoms with E-state index in [9.17, 15) is 0 Å². The highest BCUT2D eigenvalue weighted by atomic mass is 35.6. The Balaban J connectivity index is 2.51. The van der Waals surface area contributed by atoms with Gasteiger partial charge in [-0.15, -0.1) is 11.6 Å². The normalized spacial score (nSPS) is 13.9. The van der Waals surface area contributed by atoms with Crippen LogP contribution in [0.3, 0.4) is 0 Å². The van der Waals surface area contributed by atoms with Crippen molar-refractivity contribution in [1.29, 1.82) is 0 Å². The molecule has 1 atom stereocenters. The second kappa shape index (κ2) is 6.03. The molecule has 0 aliphatic carbocycles. The molecule has 0 saturated heterocycles. The van der Waals surface area contributed by atoms with Crippen LogP contribution in [-0.2, 0) is 0 Å². The second-order valence-electron chi connectivity index (χ2n) is 2.52. The first kappa shape index (κ1) is 14.0. The van der Waals surface area contributed by atoms with Crippen LogP contribution in [0.5, 0.6) is 0 Å². The summed E-state index contributed by atoms with van der Waals surface area (Å²) in [5, 5.41) is 0.597. The Morgan fingerprint density at radius 1 is 1.40 bits per heavy atom. The summed E-state index contributed by atoms with van der Waals surface area (Å²) in [6, 6.07) is 1.81. The highest BCUT2D eigenvalue weighted by Crippen LogP contribution is 2.46. The Kier molecular flexibility index (Phi) is 5.63. The number of aryl methyl sites for hydroxylation is 1. The van der Waals surface area contributed by atoms with Crippen LogP contribution in [-0.4, -0.2) is 18.5 Å². The van der Waals surface area contributed by atoms with Crippen molar-refractivity contribution in [3.8, 4) is 0 Å². The molecule has 1 aromatic rings. The van der Waals surface area contributed by atoms with Crippen molar-refractivity contribution >= 4 is 68.0 Å². The molecule has 0 aliphatic heterocycles. The van der Waals surface area contributed by atoms with Crippen LogP contribution in [0, 0.1) is 6.92 Å². The molecular weight excluding hydrogens is 318 g/mol. The molecule has 0 amide bonds. The highest BCUT2D eigenvalue weighted by Gasteiger charge is 2.31. The fraction of sp³-hybridized carbons (Fsp3) is 0.429. The van der Waals surface area contributed by atoms with E-state index >= 15 is 0 Å². The zero-order valence-electron chi connectivity index (χ0n) is 7.45. The van der Waals surface area contributed by atoms with E-state index in [0.29, 0.717) is 5.16 Å². The van der Waals surface area contributed by atoms with E-state index in [1.165, 1.54) is 21.6 Å². The third kappa shape index (κ3) is 5.20. The van der Waals surface area contributed by atoms with Gasteiger partial charge in [-0.05, 0) is 23.8 Å². The molecule has 0 aliphatic rings. The SMILES string of the molecule is Cc1ccnc(SSC(Cl)C(Cl)(Cl)Cl)n1. The van der Waals surface area contributed by atoms with Gasteiger partial charge in [0.1, 0.15) is 4.71 Å². The number of hydrogen-bond acceptors (Lipinski definition) is 4. The molecule has 1 rings (SSSR count). The molecule has 1 heterocycles. The Hall–Kier alpha value is 0.940. The molecule has 0 radical (unpaired) electrons. The summed E-state index contributed by atoms with van der Waals surface area (Å²) in [5.74, 6) is 0. The molecule has 0 fully saturated rings. The third-order valence-corrected chi connectivity index (χ3v) is 5.80. The highest BCUT2D eigenvalue weighted by molar-refractivity contribution is 8.77. The van der Waals surface area contributed by atoms with Crippen molar-refractivity contribution in [2.75, 3.05) is 0 Å². The lowest BCUT2D eigenvalue weighted by Gasteiger charge is -2.15. The van der Waals surface area contributed by atoms with Gasteiger partial charge in [-0.1, -0.05) is 45.6 Å². The van der Waals surface area contributed by atoms with E-state index in [1.54, 1.807) is 6.20 Å². The lowest BCUT2D eigenvalue weighted by molar-refractivity contribution is 0.937. The Bertz CT molecular complexity index is 331. The van der Waals surface area contributed by atoms with E-state index in [4.69, 9.17) is 46.4 Å². The largest absolute Gasteiger partial charge is 0.230 e. The maximum absolute atomic E-state index is 5.84. The summed E-state index contributed by atoms with van der Waals surface area (Å²) < 4.78 is -2.15. The first-order valence-electron chi connectivity index (χ1n) is 3.73. The minimum absolute atomic E-state index is 0.597. The van der Waals surface area contributed by atoms with Crippen molar-refractivity contribution in [3.05, 3.63) is 18.0 Å². The standard InChI is InChI=1S/C7H6Cl4N2S2/c1-4-2-3-12-6(13-4)15-14-5(8)7(9,10)11/h2-3,5H,1H3. The maximum Gasteiger partial charge on any atom is 0.216 e. The number of hydrogen-bond donors (Lipinski definition) is 0. The number of rotatable bonds is 3. The summed E-state index contributed by atoms with van der Waals surface area (Å²) in [6.07, 6.45) is 1.67. The van der Waals surface area contributed by atoms with Crippen LogP contribution in [0.2, 0.25) is 0 Å². The molecule has 15 heavy (non-hydrogen) atoms. The van der Waals surface area contributed by atoms with E-state index in [2.05, 4.69) is 9.97 Å². The smallest absolute Gasteiger partial charge is 0.216 e. The first-order chi connectivity index (χ1) is 6.89. The molecular formula is C7H6Cl4N2S2. The molecule has 0 N–H and O–H groups in total. The van der Waals surface area contributed by atoms with Gasteiger partial charge in [0.25, 0.3) is 0 Å². The molecule has 0 spiro atoms. The van der Waals surface area contributed by atoms with Crippen LogP contribution < -0.4 is 0 Å². The lowest BCUT2D eigenvalue weighted by Crippen LogP contribution is -2.14. The molecule has 8 heteroatoms. The van der Waals surface area contributed by atoms with Crippen molar-refractivity contribution in [3.63, 3.8) is 0 Å². The summed E-state index contributed by atoms with van der Waals surface area (Å²) >= 11 is 22.7. The third-order valence-electron chi connectivity index (χ3n) is 1.24. The van der Waals surface area contributed by atoms with Gasteiger partial charge in [0.15, 0.2) is 5.16 Å². The predicted molar refractivity (Wildman–Crippen MR) is 70.1 cm³/mol. The number of aromatic nitrogens is 2. The topological polar surface area (TPSA) is 25.8 Å². The fourth-order valence-corrected chi connectivity index (χ4v) is 3.56. The lowest BCUT2D eigenvalue weighted by atomic mass is 10.5. The van der Waals surface area contributed by atoms with E-state index in [-0.39, 0.29) is 0 Å². The molecule has 0 aromatic carbocycles.